The molecule has 116 valence electrons. The zero-order valence-electron chi connectivity index (χ0n) is 12.5. The van der Waals surface area contributed by atoms with Gasteiger partial charge in [0.2, 0.25) is 5.95 Å². The molecule has 0 saturated carbocycles. The van der Waals surface area contributed by atoms with Crippen LogP contribution in [0.3, 0.4) is 0 Å². The lowest BCUT2D eigenvalue weighted by Gasteiger charge is -2.22. The third-order valence-electron chi connectivity index (χ3n) is 3.71. The van der Waals surface area contributed by atoms with Gasteiger partial charge < -0.3 is 21.1 Å². The number of nitrogens with zero attached hydrogens (tertiary/aromatic N) is 2. The molecule has 4 N–H and O–H groups in total. The SMILES string of the molecule is Nc1ccnc(Nc2cccc(OCC3CCNCC3)c2)n1. The van der Waals surface area contributed by atoms with Crippen molar-refractivity contribution < 1.29 is 4.74 Å². The van der Waals surface area contributed by atoms with Gasteiger partial charge in [-0.25, -0.2) is 4.98 Å². The number of ether oxygens (including phenoxy) is 1. The van der Waals surface area contributed by atoms with Crippen molar-refractivity contribution in [3.05, 3.63) is 36.5 Å². The number of hydrogen-bond acceptors (Lipinski definition) is 6. The minimum Gasteiger partial charge on any atom is -0.493 e. The van der Waals surface area contributed by atoms with Crippen LogP contribution >= 0.6 is 0 Å². The molecule has 0 radical (unpaired) electrons. The molecule has 1 saturated heterocycles. The van der Waals surface area contributed by atoms with Gasteiger partial charge >= 0.3 is 0 Å². The van der Waals surface area contributed by atoms with E-state index in [-0.39, 0.29) is 0 Å². The van der Waals surface area contributed by atoms with Crippen molar-refractivity contribution >= 4 is 17.5 Å². The summed E-state index contributed by atoms with van der Waals surface area (Å²) in [5.74, 6) is 2.41. The molecule has 1 aliphatic heterocycles. The highest BCUT2D eigenvalue weighted by Crippen LogP contribution is 2.21. The minimum atomic E-state index is 0.441. The predicted molar refractivity (Wildman–Crippen MR) is 87.3 cm³/mol. The molecule has 0 atom stereocenters. The second-order valence-electron chi connectivity index (χ2n) is 5.46. The van der Waals surface area contributed by atoms with E-state index in [1.54, 1.807) is 12.3 Å². The number of hydrogen-bond donors (Lipinski definition) is 3. The molecule has 22 heavy (non-hydrogen) atoms. The quantitative estimate of drug-likeness (QED) is 0.784. The summed E-state index contributed by atoms with van der Waals surface area (Å²) in [5.41, 5.74) is 6.53. The van der Waals surface area contributed by atoms with Gasteiger partial charge in [-0.15, -0.1) is 0 Å². The second-order valence-corrected chi connectivity index (χ2v) is 5.46. The summed E-state index contributed by atoms with van der Waals surface area (Å²) in [6, 6.07) is 9.47. The molecule has 1 aromatic carbocycles. The molecule has 3 rings (SSSR count). The summed E-state index contributed by atoms with van der Waals surface area (Å²) in [6.45, 7) is 2.94. The third kappa shape index (κ3) is 4.08. The minimum absolute atomic E-state index is 0.441. The van der Waals surface area contributed by atoms with Gasteiger partial charge in [0, 0.05) is 18.0 Å². The fraction of sp³-hybridized carbons (Fsp3) is 0.375. The molecule has 2 heterocycles. The molecule has 0 bridgehead atoms. The first-order valence-electron chi connectivity index (χ1n) is 7.59. The van der Waals surface area contributed by atoms with Crippen molar-refractivity contribution in [2.75, 3.05) is 30.7 Å². The van der Waals surface area contributed by atoms with E-state index in [9.17, 15) is 0 Å². The monoisotopic (exact) mass is 299 g/mol. The summed E-state index contributed by atoms with van der Waals surface area (Å²) in [5, 5.41) is 6.50. The highest BCUT2D eigenvalue weighted by Gasteiger charge is 2.13. The number of piperidine rings is 1. The second kappa shape index (κ2) is 7.09. The van der Waals surface area contributed by atoms with E-state index < -0.39 is 0 Å². The Bertz CT molecular complexity index is 613. The third-order valence-corrected chi connectivity index (χ3v) is 3.71. The molecule has 6 heteroatoms. The number of rotatable bonds is 5. The molecular weight excluding hydrogens is 278 g/mol. The Morgan fingerprint density at radius 3 is 2.95 bits per heavy atom. The maximum absolute atomic E-state index is 5.91. The lowest BCUT2D eigenvalue weighted by molar-refractivity contribution is 0.215. The fourth-order valence-electron chi connectivity index (χ4n) is 2.49. The highest BCUT2D eigenvalue weighted by atomic mass is 16.5. The smallest absolute Gasteiger partial charge is 0.229 e. The van der Waals surface area contributed by atoms with Crippen LogP contribution in [0.1, 0.15) is 12.8 Å². The van der Waals surface area contributed by atoms with Crippen LogP contribution < -0.4 is 21.1 Å². The number of anilines is 3. The van der Waals surface area contributed by atoms with Crippen LogP contribution in [0.4, 0.5) is 17.5 Å². The number of benzene rings is 1. The first kappa shape index (κ1) is 14.6. The van der Waals surface area contributed by atoms with Gasteiger partial charge in [-0.2, -0.15) is 4.98 Å². The van der Waals surface area contributed by atoms with Gasteiger partial charge in [-0.1, -0.05) is 6.07 Å². The van der Waals surface area contributed by atoms with Crippen LogP contribution in [0.25, 0.3) is 0 Å². The van der Waals surface area contributed by atoms with Crippen molar-refractivity contribution in [3.63, 3.8) is 0 Å². The van der Waals surface area contributed by atoms with E-state index in [0.717, 1.165) is 31.1 Å². The molecule has 0 unspecified atom stereocenters. The van der Waals surface area contributed by atoms with Crippen molar-refractivity contribution in [2.45, 2.75) is 12.8 Å². The van der Waals surface area contributed by atoms with E-state index in [0.29, 0.717) is 17.7 Å². The molecule has 1 aromatic heterocycles. The molecular formula is C16H21N5O. The van der Waals surface area contributed by atoms with E-state index in [1.807, 2.05) is 24.3 Å². The summed E-state index contributed by atoms with van der Waals surface area (Å²) in [6.07, 6.45) is 3.98. The summed E-state index contributed by atoms with van der Waals surface area (Å²) in [7, 11) is 0. The zero-order chi connectivity index (χ0) is 15.2. The first-order valence-corrected chi connectivity index (χ1v) is 7.59. The zero-order valence-corrected chi connectivity index (χ0v) is 12.5. The lowest BCUT2D eigenvalue weighted by Crippen LogP contribution is -2.30. The molecule has 1 fully saturated rings. The van der Waals surface area contributed by atoms with Crippen molar-refractivity contribution in [2.24, 2.45) is 5.92 Å². The van der Waals surface area contributed by atoms with E-state index >= 15 is 0 Å². The number of aromatic nitrogens is 2. The van der Waals surface area contributed by atoms with E-state index in [1.165, 1.54) is 12.8 Å². The summed E-state index contributed by atoms with van der Waals surface area (Å²) >= 11 is 0. The maximum atomic E-state index is 5.91. The number of nitrogens with one attached hydrogen (secondary N) is 2. The number of nitrogens with two attached hydrogens (primary N) is 1. The average molecular weight is 299 g/mol. The Morgan fingerprint density at radius 1 is 1.27 bits per heavy atom. The Labute approximate surface area is 130 Å². The predicted octanol–water partition coefficient (Wildman–Crippen LogP) is 2.18. The Hall–Kier alpha value is -2.34. The van der Waals surface area contributed by atoms with Crippen LogP contribution in [0.15, 0.2) is 36.5 Å². The largest absolute Gasteiger partial charge is 0.493 e. The van der Waals surface area contributed by atoms with Crippen molar-refractivity contribution in [3.8, 4) is 5.75 Å². The van der Waals surface area contributed by atoms with Crippen LogP contribution in [-0.4, -0.2) is 29.7 Å². The van der Waals surface area contributed by atoms with Crippen molar-refractivity contribution in [1.29, 1.82) is 0 Å². The first-order chi connectivity index (χ1) is 10.8. The highest BCUT2D eigenvalue weighted by molar-refractivity contribution is 5.56. The van der Waals surface area contributed by atoms with Crippen molar-refractivity contribution in [1.82, 2.24) is 15.3 Å². The molecule has 0 amide bonds. The molecule has 1 aliphatic rings. The molecule has 2 aromatic rings. The molecule has 0 aliphatic carbocycles. The van der Waals surface area contributed by atoms with Gasteiger partial charge in [-0.3, -0.25) is 0 Å². The van der Waals surface area contributed by atoms with Gasteiger partial charge in [0.25, 0.3) is 0 Å². The summed E-state index contributed by atoms with van der Waals surface area (Å²) in [4.78, 5) is 8.26. The molecule has 6 nitrogen and oxygen atoms in total. The Morgan fingerprint density at radius 2 is 2.14 bits per heavy atom. The van der Waals surface area contributed by atoms with E-state index in [2.05, 4.69) is 20.6 Å². The summed E-state index contributed by atoms with van der Waals surface area (Å²) < 4.78 is 5.91. The van der Waals surface area contributed by atoms with Crippen LogP contribution in [0.2, 0.25) is 0 Å². The van der Waals surface area contributed by atoms with Gasteiger partial charge in [0.1, 0.15) is 11.6 Å². The van der Waals surface area contributed by atoms with Crippen LogP contribution in [-0.2, 0) is 0 Å². The molecule has 0 spiro atoms. The Balaban J connectivity index is 1.59. The normalized spacial score (nSPS) is 15.5. The van der Waals surface area contributed by atoms with Gasteiger partial charge in [-0.05, 0) is 50.0 Å². The standard InChI is InChI=1S/C16H21N5O/c17-15-6-9-19-16(21-15)20-13-2-1-3-14(10-13)22-11-12-4-7-18-8-5-12/h1-3,6,9-10,12,18H,4-5,7-8,11H2,(H3,17,19,20,21). The van der Waals surface area contributed by atoms with E-state index in [4.69, 9.17) is 10.5 Å². The average Bonchev–Trinajstić information content (AvgIpc) is 2.54. The number of nitrogen functional groups attached to an aromatic ring is 1. The van der Waals surface area contributed by atoms with Gasteiger partial charge in [0.05, 0.1) is 6.61 Å². The fourth-order valence-corrected chi connectivity index (χ4v) is 2.49. The lowest BCUT2D eigenvalue weighted by atomic mass is 9.99. The maximum Gasteiger partial charge on any atom is 0.229 e. The Kier molecular flexibility index (Phi) is 4.70. The van der Waals surface area contributed by atoms with Crippen LogP contribution in [0.5, 0.6) is 5.75 Å². The topological polar surface area (TPSA) is 85.1 Å². The van der Waals surface area contributed by atoms with Gasteiger partial charge in [0.15, 0.2) is 0 Å². The van der Waals surface area contributed by atoms with Crippen LogP contribution in [0, 0.1) is 5.92 Å².